The van der Waals surface area contributed by atoms with Crippen molar-refractivity contribution < 1.29 is 9.53 Å². The summed E-state index contributed by atoms with van der Waals surface area (Å²) in [6.45, 7) is 10.5. The molecule has 0 radical (unpaired) electrons. The van der Waals surface area contributed by atoms with Gasteiger partial charge in [0.05, 0.1) is 24.3 Å². The summed E-state index contributed by atoms with van der Waals surface area (Å²) in [7, 11) is 0. The molecule has 5 nitrogen and oxygen atoms in total. The van der Waals surface area contributed by atoms with Gasteiger partial charge >= 0.3 is 0 Å². The van der Waals surface area contributed by atoms with E-state index in [0.29, 0.717) is 19.8 Å². The van der Waals surface area contributed by atoms with Gasteiger partial charge in [0, 0.05) is 35.3 Å². The molecule has 5 heteroatoms. The van der Waals surface area contributed by atoms with Crippen molar-refractivity contribution in [1.29, 1.82) is 0 Å². The number of ether oxygens (including phenoxy) is 1. The lowest BCUT2D eigenvalue weighted by Crippen LogP contribution is -2.44. The van der Waals surface area contributed by atoms with Crippen molar-refractivity contribution in [3.8, 4) is 11.4 Å². The van der Waals surface area contributed by atoms with Crippen LogP contribution in [0.2, 0.25) is 0 Å². The van der Waals surface area contributed by atoms with Gasteiger partial charge in [0.25, 0.3) is 0 Å². The first kappa shape index (κ1) is 18.1. The minimum Gasteiger partial charge on any atom is -0.376 e. The molecule has 0 aliphatic carbocycles. The number of aryl methyl sites for hydroxylation is 1. The van der Waals surface area contributed by atoms with E-state index < -0.39 is 0 Å². The predicted octanol–water partition coefficient (Wildman–Crippen LogP) is 3.50. The third-order valence-corrected chi connectivity index (χ3v) is 5.66. The molecule has 2 aliphatic rings. The molecule has 2 aromatic rings. The predicted molar refractivity (Wildman–Crippen MR) is 104 cm³/mol. The number of carbonyl (C=O) groups excluding carboxylic acids is 1. The first-order valence-electron chi connectivity index (χ1n) is 9.61. The number of nitrogens with zero attached hydrogens (tertiary/aromatic N) is 3. The topological polar surface area (TPSA) is 55.3 Å². The van der Waals surface area contributed by atoms with E-state index in [1.54, 1.807) is 0 Å². The van der Waals surface area contributed by atoms with Crippen LogP contribution in [0.1, 0.15) is 44.1 Å². The second-order valence-corrected chi connectivity index (χ2v) is 8.83. The van der Waals surface area contributed by atoms with E-state index in [4.69, 9.17) is 14.7 Å². The molecular formula is C22H27N3O2. The number of hydrogen-bond acceptors (Lipinski definition) is 4. The minimum atomic E-state index is -0.374. The van der Waals surface area contributed by atoms with E-state index in [1.165, 1.54) is 0 Å². The van der Waals surface area contributed by atoms with E-state index in [2.05, 4.69) is 0 Å². The van der Waals surface area contributed by atoms with Crippen LogP contribution in [0.3, 0.4) is 0 Å². The summed E-state index contributed by atoms with van der Waals surface area (Å²) in [5.41, 5.74) is 3.55. The molecule has 1 aromatic carbocycles. The summed E-state index contributed by atoms with van der Waals surface area (Å²) in [4.78, 5) is 24.5. The fourth-order valence-corrected chi connectivity index (χ4v) is 4.17. The van der Waals surface area contributed by atoms with Crippen molar-refractivity contribution in [2.45, 2.75) is 46.1 Å². The molecular weight excluding hydrogens is 338 g/mol. The van der Waals surface area contributed by atoms with Crippen LogP contribution < -0.4 is 0 Å². The van der Waals surface area contributed by atoms with Gasteiger partial charge in [0.2, 0.25) is 5.91 Å². The largest absolute Gasteiger partial charge is 0.376 e. The summed E-state index contributed by atoms with van der Waals surface area (Å²) in [6, 6.07) is 10.1. The highest BCUT2D eigenvalue weighted by Crippen LogP contribution is 2.41. The average molecular weight is 365 g/mol. The lowest BCUT2D eigenvalue weighted by Gasteiger charge is -2.36. The van der Waals surface area contributed by atoms with Crippen LogP contribution in [0.25, 0.3) is 11.4 Å². The molecule has 0 unspecified atom stereocenters. The van der Waals surface area contributed by atoms with Crippen molar-refractivity contribution in [3.63, 3.8) is 0 Å². The van der Waals surface area contributed by atoms with Crippen LogP contribution in [0.4, 0.5) is 0 Å². The number of fused-ring (bicyclic) bond motifs is 2. The van der Waals surface area contributed by atoms with E-state index in [1.807, 2.05) is 62.9 Å². The molecule has 1 atom stereocenters. The third kappa shape index (κ3) is 3.14. The van der Waals surface area contributed by atoms with Gasteiger partial charge in [-0.1, -0.05) is 51.1 Å². The molecule has 2 aliphatic heterocycles. The standard InChI is InChI=1S/C22H27N3O2/c1-15-17-12-27-14-22(10-11-25(13-22)20(26)21(2,3)4)18(17)24-19(23-15)16-8-6-5-7-9-16/h5-9H,10-14H2,1-4H3/t22-/m0/s1. The first-order valence-corrected chi connectivity index (χ1v) is 9.61. The zero-order chi connectivity index (χ0) is 19.2. The summed E-state index contributed by atoms with van der Waals surface area (Å²) in [5, 5.41) is 0. The van der Waals surface area contributed by atoms with Gasteiger partial charge in [0.1, 0.15) is 0 Å². The van der Waals surface area contributed by atoms with Crippen LogP contribution in [-0.2, 0) is 21.6 Å². The number of hydrogen-bond donors (Lipinski definition) is 0. The molecule has 0 saturated carbocycles. The van der Waals surface area contributed by atoms with Crippen molar-refractivity contribution in [2.75, 3.05) is 19.7 Å². The Bertz CT molecular complexity index is 873. The maximum absolute atomic E-state index is 12.8. The highest BCUT2D eigenvalue weighted by Gasteiger charge is 2.47. The Labute approximate surface area is 160 Å². The number of rotatable bonds is 1. The zero-order valence-electron chi connectivity index (χ0n) is 16.6. The SMILES string of the molecule is Cc1nc(-c2ccccc2)nc2c1COC[C@@]21CCN(C(=O)C(C)(C)C)C1. The molecule has 4 rings (SSSR count). The van der Waals surface area contributed by atoms with Gasteiger partial charge in [-0.2, -0.15) is 0 Å². The molecule has 1 saturated heterocycles. The second-order valence-electron chi connectivity index (χ2n) is 8.83. The van der Waals surface area contributed by atoms with Crippen molar-refractivity contribution >= 4 is 5.91 Å². The number of likely N-dealkylation sites (tertiary alicyclic amines) is 1. The Kier molecular flexibility index (Phi) is 4.30. The fourth-order valence-electron chi connectivity index (χ4n) is 4.17. The van der Waals surface area contributed by atoms with Crippen LogP contribution in [-0.4, -0.2) is 40.5 Å². The highest BCUT2D eigenvalue weighted by atomic mass is 16.5. The van der Waals surface area contributed by atoms with Crippen LogP contribution in [0.15, 0.2) is 30.3 Å². The second kappa shape index (κ2) is 6.41. The van der Waals surface area contributed by atoms with Gasteiger partial charge in [-0.05, 0) is 13.3 Å². The van der Waals surface area contributed by atoms with Gasteiger partial charge in [0.15, 0.2) is 5.82 Å². The summed E-state index contributed by atoms with van der Waals surface area (Å²) >= 11 is 0. The number of aromatic nitrogens is 2. The van der Waals surface area contributed by atoms with E-state index in [-0.39, 0.29) is 16.7 Å². The van der Waals surface area contributed by atoms with Crippen LogP contribution in [0.5, 0.6) is 0 Å². The van der Waals surface area contributed by atoms with Crippen LogP contribution >= 0.6 is 0 Å². The van der Waals surface area contributed by atoms with Gasteiger partial charge < -0.3 is 9.64 Å². The summed E-state index contributed by atoms with van der Waals surface area (Å²) < 4.78 is 5.96. The summed E-state index contributed by atoms with van der Waals surface area (Å²) in [6.07, 6.45) is 0.881. The molecule has 1 amide bonds. The number of amides is 1. The van der Waals surface area contributed by atoms with E-state index in [9.17, 15) is 4.79 Å². The Balaban J connectivity index is 1.75. The number of carbonyl (C=O) groups is 1. The van der Waals surface area contributed by atoms with Gasteiger partial charge in [-0.3, -0.25) is 4.79 Å². The maximum atomic E-state index is 12.8. The fraction of sp³-hybridized carbons (Fsp3) is 0.500. The maximum Gasteiger partial charge on any atom is 0.227 e. The van der Waals surface area contributed by atoms with E-state index in [0.717, 1.165) is 41.3 Å². The van der Waals surface area contributed by atoms with Crippen LogP contribution in [0, 0.1) is 12.3 Å². The number of benzene rings is 1. The third-order valence-electron chi connectivity index (χ3n) is 5.66. The van der Waals surface area contributed by atoms with E-state index >= 15 is 0 Å². The van der Waals surface area contributed by atoms with Gasteiger partial charge in [-0.25, -0.2) is 9.97 Å². The molecule has 1 aromatic heterocycles. The Hall–Kier alpha value is -2.27. The minimum absolute atomic E-state index is 0.195. The highest BCUT2D eigenvalue weighted by molar-refractivity contribution is 5.82. The Morgan fingerprint density at radius 2 is 1.93 bits per heavy atom. The zero-order valence-corrected chi connectivity index (χ0v) is 16.6. The molecule has 142 valence electrons. The van der Waals surface area contributed by atoms with Gasteiger partial charge in [-0.15, -0.1) is 0 Å². The molecule has 1 fully saturated rings. The Morgan fingerprint density at radius 3 is 2.63 bits per heavy atom. The monoisotopic (exact) mass is 365 g/mol. The van der Waals surface area contributed by atoms with Crippen molar-refractivity contribution in [1.82, 2.24) is 14.9 Å². The van der Waals surface area contributed by atoms with Crippen molar-refractivity contribution in [3.05, 3.63) is 47.3 Å². The molecule has 3 heterocycles. The Morgan fingerprint density at radius 1 is 1.19 bits per heavy atom. The van der Waals surface area contributed by atoms with Crippen molar-refractivity contribution in [2.24, 2.45) is 5.41 Å². The molecule has 27 heavy (non-hydrogen) atoms. The normalized spacial score (nSPS) is 22.1. The molecule has 0 bridgehead atoms. The molecule has 1 spiro atoms. The quantitative estimate of drug-likeness (QED) is 0.776. The first-order chi connectivity index (χ1) is 12.8. The average Bonchev–Trinajstić information content (AvgIpc) is 3.06. The lowest BCUT2D eigenvalue weighted by molar-refractivity contribution is -0.138. The smallest absolute Gasteiger partial charge is 0.227 e. The lowest BCUT2D eigenvalue weighted by atomic mass is 9.80. The molecule has 0 N–H and O–H groups in total. The summed E-state index contributed by atoms with van der Waals surface area (Å²) in [5.74, 6) is 0.953.